The van der Waals surface area contributed by atoms with Crippen molar-refractivity contribution in [3.63, 3.8) is 0 Å². The Hall–Kier alpha value is -1.77. The summed E-state index contributed by atoms with van der Waals surface area (Å²) < 4.78 is 2.37. The Morgan fingerprint density at radius 3 is 2.24 bits per heavy atom. The van der Waals surface area contributed by atoms with E-state index >= 15 is 0 Å². The first kappa shape index (κ1) is 18.0. The summed E-state index contributed by atoms with van der Waals surface area (Å²) in [4.78, 5) is 0. The molecule has 150 valence electrons. The zero-order chi connectivity index (χ0) is 19.4. The first-order chi connectivity index (χ1) is 14.2. The molecular weight excluding hydrogens is 376 g/mol. The monoisotopic (exact) mass is 404 g/mol. The highest BCUT2D eigenvalue weighted by Crippen LogP contribution is 2.55. The number of nitrogens with zero attached hydrogens (tertiary/aromatic N) is 1. The van der Waals surface area contributed by atoms with Gasteiger partial charge in [-0.3, -0.25) is 0 Å². The third-order valence-corrected chi connectivity index (χ3v) is 8.23. The molecule has 2 nitrogen and oxygen atoms in total. The molecule has 0 radical (unpaired) electrons. The molecule has 4 aliphatic carbocycles. The summed E-state index contributed by atoms with van der Waals surface area (Å²) in [7, 11) is 0. The molecule has 4 saturated carbocycles. The molecule has 1 aromatic heterocycles. The quantitative estimate of drug-likeness (QED) is 0.520. The summed E-state index contributed by atoms with van der Waals surface area (Å²) >= 11 is 6.44. The Labute approximate surface area is 178 Å². The second-order valence-corrected chi connectivity index (χ2v) is 10.3. The number of fused-ring (bicyclic) bond motifs is 1. The molecule has 0 aliphatic heterocycles. The molecule has 4 fully saturated rings. The van der Waals surface area contributed by atoms with Crippen LogP contribution in [0.3, 0.4) is 0 Å². The minimum absolute atomic E-state index is 0.403. The molecule has 29 heavy (non-hydrogen) atoms. The molecule has 0 spiro atoms. The molecule has 1 N–H and O–H groups in total. The second kappa shape index (κ2) is 6.89. The third kappa shape index (κ3) is 3.21. The molecule has 2 aromatic carbocycles. The minimum Gasteiger partial charge on any atom is -0.343 e. The van der Waals surface area contributed by atoms with Gasteiger partial charge in [-0.05, 0) is 79.5 Å². The molecular formula is C26H29ClN2. The van der Waals surface area contributed by atoms with Crippen molar-refractivity contribution in [2.24, 2.45) is 17.8 Å². The molecule has 3 aromatic rings. The van der Waals surface area contributed by atoms with Gasteiger partial charge in [-0.25, -0.2) is 0 Å². The lowest BCUT2D eigenvalue weighted by molar-refractivity contribution is -0.0205. The molecule has 0 atom stereocenters. The van der Waals surface area contributed by atoms with Crippen LogP contribution in [0.1, 0.15) is 49.7 Å². The summed E-state index contributed by atoms with van der Waals surface area (Å²) in [6.07, 6.45) is 11.0. The maximum Gasteiger partial charge on any atom is 0.0491 e. The Balaban J connectivity index is 1.28. The van der Waals surface area contributed by atoms with Crippen molar-refractivity contribution in [1.29, 1.82) is 0 Å². The number of hydrogen-bond donors (Lipinski definition) is 1. The van der Waals surface area contributed by atoms with Crippen molar-refractivity contribution in [1.82, 2.24) is 9.88 Å². The lowest BCUT2D eigenvalue weighted by Gasteiger charge is -2.57. The zero-order valence-electron chi connectivity index (χ0n) is 16.9. The van der Waals surface area contributed by atoms with Crippen LogP contribution in [0.5, 0.6) is 0 Å². The second-order valence-electron chi connectivity index (χ2n) is 9.94. The molecule has 7 rings (SSSR count). The topological polar surface area (TPSA) is 17.0 Å². The van der Waals surface area contributed by atoms with Crippen molar-refractivity contribution in [3.8, 4) is 0 Å². The molecule has 0 saturated heterocycles. The SMILES string of the molecule is Clc1ccccc1Cn1cc(CNC23CC4CC(CC(C4)C2)C3)c2ccccc21. The van der Waals surface area contributed by atoms with Crippen molar-refractivity contribution >= 4 is 22.5 Å². The highest BCUT2D eigenvalue weighted by atomic mass is 35.5. The Morgan fingerprint density at radius 2 is 1.52 bits per heavy atom. The standard InChI is InChI=1S/C26H29ClN2/c27-24-7-3-1-5-21(24)16-29-17-22(23-6-2-4-8-25(23)29)15-28-26-12-18-9-19(13-26)11-20(10-18)14-26/h1-8,17-20,28H,9-16H2. The number of hydrogen-bond acceptors (Lipinski definition) is 1. The van der Waals surface area contributed by atoms with E-state index in [2.05, 4.69) is 52.5 Å². The first-order valence-electron chi connectivity index (χ1n) is 11.2. The number of rotatable bonds is 5. The fourth-order valence-electron chi connectivity index (χ4n) is 7.01. The van der Waals surface area contributed by atoms with Crippen LogP contribution < -0.4 is 5.32 Å². The highest BCUT2D eigenvalue weighted by molar-refractivity contribution is 6.31. The average Bonchev–Trinajstić information content (AvgIpc) is 3.05. The van der Waals surface area contributed by atoms with Crippen molar-refractivity contribution in [2.75, 3.05) is 0 Å². The van der Waals surface area contributed by atoms with E-state index in [1.165, 1.54) is 60.6 Å². The van der Waals surface area contributed by atoms with Crippen LogP contribution in [-0.2, 0) is 13.1 Å². The van der Waals surface area contributed by atoms with Crippen LogP contribution in [0, 0.1) is 17.8 Å². The van der Waals surface area contributed by atoms with Gasteiger partial charge in [0.2, 0.25) is 0 Å². The summed E-state index contributed by atoms with van der Waals surface area (Å²) in [6, 6.07) is 17.0. The number of para-hydroxylation sites is 1. The van der Waals surface area contributed by atoms with Crippen molar-refractivity contribution < 1.29 is 0 Å². The van der Waals surface area contributed by atoms with Gasteiger partial charge < -0.3 is 9.88 Å². The Kier molecular flexibility index (Phi) is 4.28. The number of nitrogens with one attached hydrogen (secondary N) is 1. The van der Waals surface area contributed by atoms with Gasteiger partial charge in [0.25, 0.3) is 0 Å². The number of benzene rings is 2. The minimum atomic E-state index is 0.403. The fourth-order valence-corrected chi connectivity index (χ4v) is 7.21. The van der Waals surface area contributed by atoms with Crippen LogP contribution >= 0.6 is 11.6 Å². The lowest BCUT2D eigenvalue weighted by Crippen LogP contribution is -2.58. The van der Waals surface area contributed by atoms with E-state index < -0.39 is 0 Å². The number of halogens is 1. The predicted molar refractivity (Wildman–Crippen MR) is 120 cm³/mol. The summed E-state index contributed by atoms with van der Waals surface area (Å²) in [5.41, 5.74) is 4.30. The predicted octanol–water partition coefficient (Wildman–Crippen LogP) is 6.40. The van der Waals surface area contributed by atoms with E-state index in [0.29, 0.717) is 5.54 Å². The van der Waals surface area contributed by atoms with Crippen molar-refractivity contribution in [2.45, 2.75) is 57.2 Å². The third-order valence-electron chi connectivity index (χ3n) is 7.86. The van der Waals surface area contributed by atoms with Gasteiger partial charge in [-0.2, -0.15) is 0 Å². The van der Waals surface area contributed by atoms with E-state index in [1.807, 2.05) is 12.1 Å². The van der Waals surface area contributed by atoms with Crippen LogP contribution in [-0.4, -0.2) is 10.1 Å². The van der Waals surface area contributed by atoms with Gasteiger partial charge in [-0.1, -0.05) is 48.0 Å². The van der Waals surface area contributed by atoms with Crippen molar-refractivity contribution in [3.05, 3.63) is 70.9 Å². The van der Waals surface area contributed by atoms with Gasteiger partial charge in [0.15, 0.2) is 0 Å². The number of aromatic nitrogens is 1. The van der Waals surface area contributed by atoms with E-state index in [4.69, 9.17) is 11.6 Å². The van der Waals surface area contributed by atoms with Gasteiger partial charge in [0.05, 0.1) is 0 Å². The Morgan fingerprint density at radius 1 is 0.862 bits per heavy atom. The first-order valence-corrected chi connectivity index (χ1v) is 11.6. The lowest BCUT2D eigenvalue weighted by atomic mass is 9.53. The van der Waals surface area contributed by atoms with Gasteiger partial charge >= 0.3 is 0 Å². The normalized spacial score (nSPS) is 30.3. The zero-order valence-corrected chi connectivity index (χ0v) is 17.7. The molecule has 3 heteroatoms. The molecule has 4 aliphatic rings. The molecule has 0 amide bonds. The Bertz CT molecular complexity index is 1010. The van der Waals surface area contributed by atoms with E-state index in [1.54, 1.807) is 0 Å². The van der Waals surface area contributed by atoms with Crippen LogP contribution in [0.4, 0.5) is 0 Å². The smallest absolute Gasteiger partial charge is 0.0491 e. The van der Waals surface area contributed by atoms with Gasteiger partial charge in [0, 0.05) is 40.8 Å². The average molecular weight is 405 g/mol. The molecule has 0 unspecified atom stereocenters. The highest BCUT2D eigenvalue weighted by Gasteiger charge is 2.50. The summed E-state index contributed by atoms with van der Waals surface area (Å²) in [5.74, 6) is 2.95. The van der Waals surface area contributed by atoms with Gasteiger partial charge in [0.1, 0.15) is 0 Å². The maximum absolute atomic E-state index is 6.44. The van der Waals surface area contributed by atoms with Crippen LogP contribution in [0.15, 0.2) is 54.7 Å². The largest absolute Gasteiger partial charge is 0.343 e. The van der Waals surface area contributed by atoms with E-state index in [9.17, 15) is 0 Å². The van der Waals surface area contributed by atoms with Gasteiger partial charge in [-0.15, -0.1) is 0 Å². The summed E-state index contributed by atoms with van der Waals surface area (Å²) in [5, 5.41) is 6.30. The van der Waals surface area contributed by atoms with E-state index in [-0.39, 0.29) is 0 Å². The van der Waals surface area contributed by atoms with E-state index in [0.717, 1.165) is 35.9 Å². The fraction of sp³-hybridized carbons (Fsp3) is 0.462. The summed E-state index contributed by atoms with van der Waals surface area (Å²) in [6.45, 7) is 1.79. The van der Waals surface area contributed by atoms with Crippen LogP contribution in [0.25, 0.3) is 10.9 Å². The molecule has 1 heterocycles. The molecule has 4 bridgehead atoms. The van der Waals surface area contributed by atoms with Crippen LogP contribution in [0.2, 0.25) is 5.02 Å². The maximum atomic E-state index is 6.44.